The third-order valence-electron chi connectivity index (χ3n) is 2.86. The molecule has 0 saturated heterocycles. The first-order valence-corrected chi connectivity index (χ1v) is 6.74. The molecule has 0 saturated carbocycles. The van der Waals surface area contributed by atoms with E-state index in [0.717, 1.165) is 0 Å². The summed E-state index contributed by atoms with van der Waals surface area (Å²) in [4.78, 5) is 34.3. The molecular formula is C15H16N4O3. The number of rotatable bonds is 5. The summed E-state index contributed by atoms with van der Waals surface area (Å²) in [6.07, 6.45) is 1.52. The number of hydrogen-bond donors (Lipinski definition) is 2. The van der Waals surface area contributed by atoms with Crippen LogP contribution in [0, 0.1) is 0 Å². The third kappa shape index (κ3) is 4.27. The minimum atomic E-state index is -0.252. The SMILES string of the molecule is CC(=O)Nc1ccc(C(=O)NCCn2ncccc2=O)cc1. The van der Waals surface area contributed by atoms with Crippen LogP contribution in [0.2, 0.25) is 0 Å². The van der Waals surface area contributed by atoms with Crippen molar-refractivity contribution in [2.24, 2.45) is 0 Å². The number of carbonyl (C=O) groups excluding carboxylic acids is 2. The minimum absolute atomic E-state index is 0.169. The lowest BCUT2D eigenvalue weighted by Gasteiger charge is -2.07. The monoisotopic (exact) mass is 300 g/mol. The molecule has 2 aromatic rings. The topological polar surface area (TPSA) is 93.1 Å². The Kier molecular flexibility index (Phi) is 5.02. The Hall–Kier alpha value is -2.96. The van der Waals surface area contributed by atoms with Gasteiger partial charge in [0.2, 0.25) is 5.91 Å². The van der Waals surface area contributed by atoms with Gasteiger partial charge < -0.3 is 10.6 Å². The normalized spacial score (nSPS) is 10.0. The maximum atomic E-state index is 11.9. The number of hydrogen-bond acceptors (Lipinski definition) is 4. The van der Waals surface area contributed by atoms with E-state index in [9.17, 15) is 14.4 Å². The Morgan fingerprint density at radius 2 is 1.91 bits per heavy atom. The Bertz CT molecular complexity index is 722. The van der Waals surface area contributed by atoms with Crippen molar-refractivity contribution >= 4 is 17.5 Å². The standard InChI is InChI=1S/C15H16N4O3/c1-11(20)18-13-6-4-12(5-7-13)15(22)16-9-10-19-14(21)3-2-8-17-19/h2-8H,9-10H2,1H3,(H,16,22)(H,18,20). The van der Waals surface area contributed by atoms with Crippen molar-refractivity contribution in [3.05, 3.63) is 58.5 Å². The molecule has 1 aromatic heterocycles. The number of nitrogens with zero attached hydrogens (tertiary/aromatic N) is 2. The highest BCUT2D eigenvalue weighted by Gasteiger charge is 2.05. The van der Waals surface area contributed by atoms with Gasteiger partial charge in [0.1, 0.15) is 0 Å². The predicted octanol–water partition coefficient (Wildman–Crippen LogP) is 0.632. The molecule has 0 aliphatic heterocycles. The van der Waals surface area contributed by atoms with Crippen molar-refractivity contribution in [3.63, 3.8) is 0 Å². The average Bonchev–Trinajstić information content (AvgIpc) is 2.49. The van der Waals surface area contributed by atoms with Gasteiger partial charge in [-0.2, -0.15) is 5.10 Å². The van der Waals surface area contributed by atoms with Crippen LogP contribution in [0.3, 0.4) is 0 Å². The van der Waals surface area contributed by atoms with E-state index in [-0.39, 0.29) is 17.4 Å². The van der Waals surface area contributed by atoms with Crippen molar-refractivity contribution in [1.82, 2.24) is 15.1 Å². The van der Waals surface area contributed by atoms with Crippen molar-refractivity contribution < 1.29 is 9.59 Å². The number of amides is 2. The molecule has 7 nitrogen and oxygen atoms in total. The summed E-state index contributed by atoms with van der Waals surface area (Å²) in [5, 5.41) is 9.23. The van der Waals surface area contributed by atoms with Gasteiger partial charge in [0, 0.05) is 37.0 Å². The second-order valence-corrected chi connectivity index (χ2v) is 4.60. The van der Waals surface area contributed by atoms with Gasteiger partial charge in [0.05, 0.1) is 6.54 Å². The average molecular weight is 300 g/mol. The van der Waals surface area contributed by atoms with E-state index >= 15 is 0 Å². The van der Waals surface area contributed by atoms with Crippen LogP contribution in [0.4, 0.5) is 5.69 Å². The molecular weight excluding hydrogens is 284 g/mol. The smallest absolute Gasteiger partial charge is 0.266 e. The summed E-state index contributed by atoms with van der Waals surface area (Å²) in [6, 6.07) is 9.52. The van der Waals surface area contributed by atoms with E-state index in [1.54, 1.807) is 30.3 Å². The summed E-state index contributed by atoms with van der Waals surface area (Å²) in [7, 11) is 0. The summed E-state index contributed by atoms with van der Waals surface area (Å²) >= 11 is 0. The molecule has 0 atom stereocenters. The minimum Gasteiger partial charge on any atom is -0.350 e. The lowest BCUT2D eigenvalue weighted by Crippen LogP contribution is -2.31. The highest BCUT2D eigenvalue weighted by Crippen LogP contribution is 2.09. The molecule has 22 heavy (non-hydrogen) atoms. The lowest BCUT2D eigenvalue weighted by molar-refractivity contribution is -0.114. The maximum Gasteiger partial charge on any atom is 0.266 e. The zero-order valence-electron chi connectivity index (χ0n) is 12.1. The fourth-order valence-corrected chi connectivity index (χ4v) is 1.84. The molecule has 1 aromatic carbocycles. The highest BCUT2D eigenvalue weighted by atomic mass is 16.2. The van der Waals surface area contributed by atoms with Gasteiger partial charge in [-0.15, -0.1) is 0 Å². The summed E-state index contributed by atoms with van der Waals surface area (Å²) < 4.78 is 1.28. The van der Waals surface area contributed by atoms with E-state index < -0.39 is 0 Å². The van der Waals surface area contributed by atoms with Crippen molar-refractivity contribution in [2.45, 2.75) is 13.5 Å². The Morgan fingerprint density at radius 3 is 2.55 bits per heavy atom. The molecule has 0 radical (unpaired) electrons. The van der Waals surface area contributed by atoms with E-state index in [4.69, 9.17) is 0 Å². The predicted molar refractivity (Wildman–Crippen MR) is 81.6 cm³/mol. The van der Waals surface area contributed by atoms with Gasteiger partial charge in [0.15, 0.2) is 0 Å². The van der Waals surface area contributed by atoms with Crippen molar-refractivity contribution in [1.29, 1.82) is 0 Å². The number of carbonyl (C=O) groups is 2. The van der Waals surface area contributed by atoms with Gasteiger partial charge in [-0.1, -0.05) is 0 Å². The van der Waals surface area contributed by atoms with Gasteiger partial charge in [0.25, 0.3) is 11.5 Å². The molecule has 0 fully saturated rings. The number of anilines is 1. The van der Waals surface area contributed by atoms with Crippen LogP contribution < -0.4 is 16.2 Å². The first-order valence-electron chi connectivity index (χ1n) is 6.74. The maximum absolute atomic E-state index is 11.9. The second-order valence-electron chi connectivity index (χ2n) is 4.60. The molecule has 1 heterocycles. The van der Waals surface area contributed by atoms with Crippen LogP contribution >= 0.6 is 0 Å². The molecule has 2 amide bonds. The second kappa shape index (κ2) is 7.16. The Balaban J connectivity index is 1.88. The van der Waals surface area contributed by atoms with Crippen LogP contribution in [0.15, 0.2) is 47.4 Å². The quantitative estimate of drug-likeness (QED) is 0.847. The number of nitrogens with one attached hydrogen (secondary N) is 2. The molecule has 0 aliphatic carbocycles. The van der Waals surface area contributed by atoms with Gasteiger partial charge >= 0.3 is 0 Å². The zero-order chi connectivity index (χ0) is 15.9. The fourth-order valence-electron chi connectivity index (χ4n) is 1.84. The van der Waals surface area contributed by atoms with Crippen molar-refractivity contribution in [2.75, 3.05) is 11.9 Å². The van der Waals surface area contributed by atoms with Crippen LogP contribution in [-0.4, -0.2) is 28.1 Å². The van der Waals surface area contributed by atoms with Gasteiger partial charge in [-0.05, 0) is 30.3 Å². The Labute approximate surface area is 127 Å². The van der Waals surface area contributed by atoms with Crippen LogP contribution in [0.5, 0.6) is 0 Å². The van der Waals surface area contributed by atoms with Gasteiger partial charge in [-0.25, -0.2) is 4.68 Å². The molecule has 0 spiro atoms. The zero-order valence-corrected chi connectivity index (χ0v) is 12.1. The number of aromatic nitrogens is 2. The van der Waals surface area contributed by atoms with Crippen LogP contribution in [0.1, 0.15) is 17.3 Å². The molecule has 2 rings (SSSR count). The number of benzene rings is 1. The third-order valence-corrected chi connectivity index (χ3v) is 2.86. The Morgan fingerprint density at radius 1 is 1.18 bits per heavy atom. The fraction of sp³-hybridized carbons (Fsp3) is 0.200. The molecule has 0 aliphatic rings. The van der Waals surface area contributed by atoms with E-state index in [1.807, 2.05) is 0 Å². The molecule has 2 N–H and O–H groups in total. The van der Waals surface area contributed by atoms with E-state index in [0.29, 0.717) is 24.3 Å². The first kappa shape index (κ1) is 15.4. The highest BCUT2D eigenvalue weighted by molar-refractivity contribution is 5.95. The van der Waals surface area contributed by atoms with Gasteiger partial charge in [-0.3, -0.25) is 14.4 Å². The lowest BCUT2D eigenvalue weighted by atomic mass is 10.2. The molecule has 0 unspecified atom stereocenters. The van der Waals surface area contributed by atoms with E-state index in [2.05, 4.69) is 15.7 Å². The van der Waals surface area contributed by atoms with Crippen LogP contribution in [-0.2, 0) is 11.3 Å². The molecule has 7 heteroatoms. The molecule has 114 valence electrons. The van der Waals surface area contributed by atoms with Crippen molar-refractivity contribution in [3.8, 4) is 0 Å². The van der Waals surface area contributed by atoms with E-state index in [1.165, 1.54) is 23.9 Å². The first-order chi connectivity index (χ1) is 10.6. The summed E-state index contributed by atoms with van der Waals surface area (Å²) in [5.74, 6) is -0.420. The largest absolute Gasteiger partial charge is 0.350 e. The van der Waals surface area contributed by atoms with Crippen LogP contribution in [0.25, 0.3) is 0 Å². The summed E-state index contributed by atoms with van der Waals surface area (Å²) in [5.41, 5.74) is 0.892. The summed E-state index contributed by atoms with van der Waals surface area (Å²) in [6.45, 7) is 2.01. The molecule has 0 bridgehead atoms.